The van der Waals surface area contributed by atoms with E-state index in [0.717, 1.165) is 12.8 Å². The number of esters is 2. The number of pyridine rings is 1. The minimum Gasteiger partial charge on any atom is -0.493 e. The molecular weight excluding hydrogens is 456 g/mol. The van der Waals surface area contributed by atoms with Crippen LogP contribution in [0.25, 0.3) is 5.57 Å². The predicted molar refractivity (Wildman–Crippen MR) is 127 cm³/mol. The van der Waals surface area contributed by atoms with E-state index in [0.29, 0.717) is 35.1 Å². The molecule has 1 aliphatic rings. The van der Waals surface area contributed by atoms with E-state index >= 15 is 0 Å². The second-order valence-electron chi connectivity index (χ2n) is 8.54. The molecule has 1 fully saturated rings. The van der Waals surface area contributed by atoms with Crippen molar-refractivity contribution < 1.29 is 38.4 Å². The fourth-order valence-corrected chi connectivity index (χ4v) is 2.99. The van der Waals surface area contributed by atoms with E-state index in [-0.39, 0.29) is 11.4 Å². The van der Waals surface area contributed by atoms with Gasteiger partial charge in [-0.3, -0.25) is 9.59 Å². The molecule has 0 aliphatic heterocycles. The average molecular weight is 491 g/mol. The van der Waals surface area contributed by atoms with Gasteiger partial charge in [-0.05, 0) is 56.4 Å². The lowest BCUT2D eigenvalue weighted by molar-refractivity contribution is -0.169. The summed E-state index contributed by atoms with van der Waals surface area (Å²) in [6.45, 7) is 8.11. The Hall–Kier alpha value is -3.40. The van der Waals surface area contributed by atoms with E-state index in [1.54, 1.807) is 39.8 Å². The molecule has 1 aromatic heterocycles. The normalized spacial score (nSPS) is 15.1. The molecule has 0 spiro atoms. The molecule has 1 aromatic rings. The van der Waals surface area contributed by atoms with E-state index in [4.69, 9.17) is 24.1 Å². The van der Waals surface area contributed by atoms with Gasteiger partial charge < -0.3 is 29.4 Å². The molecule has 1 saturated carbocycles. The maximum absolute atomic E-state index is 13.0. The highest BCUT2D eigenvalue weighted by molar-refractivity contribution is 5.97. The van der Waals surface area contributed by atoms with E-state index in [1.165, 1.54) is 20.1 Å². The third kappa shape index (κ3) is 8.40. The number of carbonyl (C=O) groups is 3. The fraction of sp³-hybridized carbons (Fsp3) is 0.520. The molecule has 2 rings (SSSR count). The molecule has 192 valence electrons. The van der Waals surface area contributed by atoms with Gasteiger partial charge in [-0.2, -0.15) is 0 Å². The minimum atomic E-state index is -1.15. The fourth-order valence-electron chi connectivity index (χ4n) is 2.99. The van der Waals surface area contributed by atoms with Gasteiger partial charge in [-0.1, -0.05) is 13.8 Å². The van der Waals surface area contributed by atoms with Crippen LogP contribution in [0, 0.1) is 11.8 Å². The highest BCUT2D eigenvalue weighted by atomic mass is 16.7. The van der Waals surface area contributed by atoms with E-state index in [2.05, 4.69) is 10.3 Å². The first-order valence-electron chi connectivity index (χ1n) is 11.4. The number of aliphatic hydroxyl groups is 1. The predicted octanol–water partition coefficient (Wildman–Crippen LogP) is 3.17. The van der Waals surface area contributed by atoms with Crippen LogP contribution in [0.5, 0.6) is 0 Å². The molecule has 10 nitrogen and oxygen atoms in total. The molecule has 10 heteroatoms. The molecule has 0 aromatic carbocycles. The SMILES string of the molecule is COC(/C=C(\C)c1ccc(C(=O)NCC2CC2)nc1C(=O)OC(C)OC(=O)C(C)C)=C(\C)OCO. The van der Waals surface area contributed by atoms with Gasteiger partial charge in [0.1, 0.15) is 11.5 Å². The van der Waals surface area contributed by atoms with Gasteiger partial charge in [0.25, 0.3) is 5.91 Å². The van der Waals surface area contributed by atoms with Crippen LogP contribution in [0.1, 0.15) is 74.0 Å². The Balaban J connectivity index is 2.39. The van der Waals surface area contributed by atoms with Crippen molar-refractivity contribution in [2.24, 2.45) is 11.8 Å². The van der Waals surface area contributed by atoms with Crippen LogP contribution < -0.4 is 5.32 Å². The molecule has 0 bridgehead atoms. The van der Waals surface area contributed by atoms with Gasteiger partial charge in [0.05, 0.1) is 13.0 Å². The number of rotatable bonds is 12. The van der Waals surface area contributed by atoms with Gasteiger partial charge in [-0.15, -0.1) is 0 Å². The van der Waals surface area contributed by atoms with Gasteiger partial charge in [-0.25, -0.2) is 9.78 Å². The second kappa shape index (κ2) is 12.9. The van der Waals surface area contributed by atoms with Crippen molar-refractivity contribution >= 4 is 23.4 Å². The summed E-state index contributed by atoms with van der Waals surface area (Å²) in [5.41, 5.74) is 0.867. The molecule has 1 heterocycles. The zero-order valence-electron chi connectivity index (χ0n) is 21.0. The molecule has 1 aliphatic carbocycles. The van der Waals surface area contributed by atoms with Crippen molar-refractivity contribution in [1.82, 2.24) is 10.3 Å². The van der Waals surface area contributed by atoms with Crippen molar-refractivity contribution in [3.05, 3.63) is 46.7 Å². The first-order valence-corrected chi connectivity index (χ1v) is 11.4. The summed E-state index contributed by atoms with van der Waals surface area (Å²) in [4.78, 5) is 41.8. The number of hydrogen-bond acceptors (Lipinski definition) is 9. The van der Waals surface area contributed by atoms with Crippen LogP contribution in [-0.2, 0) is 23.7 Å². The number of hydrogen-bond donors (Lipinski definition) is 2. The van der Waals surface area contributed by atoms with E-state index in [9.17, 15) is 14.4 Å². The van der Waals surface area contributed by atoms with Crippen LogP contribution in [0.2, 0.25) is 0 Å². The molecule has 0 radical (unpaired) electrons. The highest BCUT2D eigenvalue weighted by Crippen LogP contribution is 2.28. The summed E-state index contributed by atoms with van der Waals surface area (Å²) in [5, 5.41) is 11.8. The Kier molecular flexibility index (Phi) is 10.3. The monoisotopic (exact) mass is 490 g/mol. The quantitative estimate of drug-likeness (QED) is 0.196. The Morgan fingerprint density at radius 2 is 1.86 bits per heavy atom. The molecule has 0 saturated heterocycles. The molecule has 2 N–H and O–H groups in total. The number of ether oxygens (including phenoxy) is 4. The Bertz CT molecular complexity index is 995. The van der Waals surface area contributed by atoms with Gasteiger partial charge >= 0.3 is 11.9 Å². The number of aromatic nitrogens is 1. The maximum Gasteiger partial charge on any atom is 0.360 e. The summed E-state index contributed by atoms with van der Waals surface area (Å²) in [7, 11) is 1.44. The van der Waals surface area contributed by atoms with Crippen LogP contribution in [0.4, 0.5) is 0 Å². The molecule has 1 unspecified atom stereocenters. The summed E-state index contributed by atoms with van der Waals surface area (Å²) in [6.07, 6.45) is 2.61. The van der Waals surface area contributed by atoms with Crippen molar-refractivity contribution in [2.75, 3.05) is 20.4 Å². The average Bonchev–Trinajstić information content (AvgIpc) is 3.64. The topological polar surface area (TPSA) is 133 Å². The third-order valence-electron chi connectivity index (χ3n) is 5.22. The largest absolute Gasteiger partial charge is 0.493 e. The first kappa shape index (κ1) is 27.8. The van der Waals surface area contributed by atoms with Crippen LogP contribution in [0.15, 0.2) is 29.7 Å². The van der Waals surface area contributed by atoms with Crippen molar-refractivity contribution in [3.63, 3.8) is 0 Å². The number of nitrogens with one attached hydrogen (secondary N) is 1. The first-order chi connectivity index (χ1) is 16.6. The van der Waals surface area contributed by atoms with Crippen molar-refractivity contribution in [2.45, 2.75) is 53.8 Å². The summed E-state index contributed by atoms with van der Waals surface area (Å²) in [6, 6.07) is 3.10. The van der Waals surface area contributed by atoms with Gasteiger partial charge in [0.15, 0.2) is 18.2 Å². The summed E-state index contributed by atoms with van der Waals surface area (Å²) < 4.78 is 20.8. The third-order valence-corrected chi connectivity index (χ3v) is 5.22. The molecule has 35 heavy (non-hydrogen) atoms. The standard InChI is InChI=1S/C25H34N2O8/c1-14(2)24(30)34-17(5)35-25(31)22-19(15(3)11-21(32-6)16(4)33-13-28)9-10-20(27-22)23(29)26-12-18-7-8-18/h9-11,14,17-18,28H,7-8,12-13H2,1-6H3,(H,26,29)/b15-11+,21-16+. The number of methoxy groups -OCH3 is 1. The summed E-state index contributed by atoms with van der Waals surface area (Å²) >= 11 is 0. The smallest absolute Gasteiger partial charge is 0.360 e. The maximum atomic E-state index is 13.0. The number of allylic oxidation sites excluding steroid dienone is 3. The molecule has 1 amide bonds. The van der Waals surface area contributed by atoms with Crippen molar-refractivity contribution in [3.8, 4) is 0 Å². The molecule has 1 atom stereocenters. The Labute approximate surface area is 205 Å². The number of nitrogens with zero attached hydrogens (tertiary/aromatic N) is 1. The lowest BCUT2D eigenvalue weighted by Crippen LogP contribution is -2.28. The Morgan fingerprint density at radius 3 is 2.43 bits per heavy atom. The van der Waals surface area contributed by atoms with Gasteiger partial charge in [0, 0.05) is 19.0 Å². The Morgan fingerprint density at radius 1 is 1.17 bits per heavy atom. The van der Waals surface area contributed by atoms with Gasteiger partial charge in [0.2, 0.25) is 6.29 Å². The van der Waals surface area contributed by atoms with Crippen LogP contribution in [0.3, 0.4) is 0 Å². The summed E-state index contributed by atoms with van der Waals surface area (Å²) in [5.74, 6) is -1.04. The number of carbonyl (C=O) groups excluding carboxylic acids is 3. The second-order valence-corrected chi connectivity index (χ2v) is 8.54. The van der Waals surface area contributed by atoms with Crippen LogP contribution >= 0.6 is 0 Å². The number of amides is 1. The van der Waals surface area contributed by atoms with E-state index < -0.39 is 36.8 Å². The molecular formula is C25H34N2O8. The van der Waals surface area contributed by atoms with Crippen LogP contribution in [-0.4, -0.2) is 54.7 Å². The lowest BCUT2D eigenvalue weighted by Gasteiger charge is -2.17. The van der Waals surface area contributed by atoms with E-state index in [1.807, 2.05) is 0 Å². The zero-order valence-corrected chi connectivity index (χ0v) is 21.0. The minimum absolute atomic E-state index is 0.0586. The zero-order chi connectivity index (χ0) is 26.1. The van der Waals surface area contributed by atoms with Crippen molar-refractivity contribution in [1.29, 1.82) is 0 Å². The highest BCUT2D eigenvalue weighted by Gasteiger charge is 2.25. The lowest BCUT2D eigenvalue weighted by atomic mass is 10.0. The number of aliphatic hydroxyl groups excluding tert-OH is 1.